The van der Waals surface area contributed by atoms with Gasteiger partial charge in [0, 0.05) is 38.2 Å². The highest BCUT2D eigenvalue weighted by atomic mass is 16.6. The second-order valence-electron chi connectivity index (χ2n) is 13.7. The Hall–Kier alpha value is -4.60. The zero-order valence-electron chi connectivity index (χ0n) is 28.0. The summed E-state index contributed by atoms with van der Waals surface area (Å²) in [4.78, 5) is 46.5. The van der Waals surface area contributed by atoms with Crippen LogP contribution in [0.1, 0.15) is 50.0 Å². The summed E-state index contributed by atoms with van der Waals surface area (Å²) in [5, 5.41) is 20.9. The van der Waals surface area contributed by atoms with Gasteiger partial charge in [-0.15, -0.1) is 10.2 Å². The number of nitrogens with zero attached hydrogens (tertiary/aromatic N) is 6. The lowest BCUT2D eigenvalue weighted by atomic mass is 9.49. The molecule has 5 rings (SSSR count). The van der Waals surface area contributed by atoms with Crippen molar-refractivity contribution < 1.29 is 28.4 Å². The lowest BCUT2D eigenvalue weighted by Crippen LogP contribution is -2.50. The van der Waals surface area contributed by atoms with Crippen LogP contribution >= 0.6 is 0 Å². The Bertz CT molecular complexity index is 1630. The van der Waals surface area contributed by atoms with Crippen LogP contribution in [-0.4, -0.2) is 116 Å². The maximum atomic E-state index is 13.2. The van der Waals surface area contributed by atoms with Gasteiger partial charge >= 0.3 is 6.09 Å². The van der Waals surface area contributed by atoms with E-state index >= 15 is 0 Å². The van der Waals surface area contributed by atoms with Crippen molar-refractivity contribution in [2.24, 2.45) is 5.92 Å². The fraction of sp³-hybridized carbons (Fsp3) is 0.483. The van der Waals surface area contributed by atoms with Gasteiger partial charge in [-0.1, -0.05) is 11.2 Å². The molecule has 3 amide bonds. The Morgan fingerprint density at radius 2 is 1.77 bits per heavy atom. The van der Waals surface area contributed by atoms with Crippen LogP contribution in [0.2, 0.25) is 0 Å². The maximum Gasteiger partial charge on any atom is 0.410 e. The molecule has 0 atom stereocenters. The molecule has 18 heteroatoms. The zero-order valence-corrected chi connectivity index (χ0v) is 28.0. The van der Waals surface area contributed by atoms with Crippen LogP contribution in [0, 0.1) is 5.92 Å². The van der Waals surface area contributed by atoms with Gasteiger partial charge in [0.15, 0.2) is 17.3 Å². The van der Waals surface area contributed by atoms with Crippen LogP contribution in [0.15, 0.2) is 28.8 Å². The number of ether oxygens (including phenoxy) is 2. The Morgan fingerprint density at radius 1 is 1.04 bits per heavy atom. The van der Waals surface area contributed by atoms with E-state index in [9.17, 15) is 14.4 Å². The SMILES string of the molecule is BC(B)(B)NC(=O)c1nnc(NC(=O)C2CC2)cc1Nc1cccc(-c2noc(CN3CCN(C(=O)OC(C)(C)C)CC3)n2)c1OC. The first kappa shape index (κ1) is 33.8. The normalized spacial score (nSPS) is 15.5. The lowest BCUT2D eigenvalue weighted by Gasteiger charge is -2.34. The fourth-order valence-corrected chi connectivity index (χ4v) is 4.90. The quantitative estimate of drug-likeness (QED) is 0.251. The molecule has 3 heterocycles. The molecule has 1 saturated heterocycles. The molecule has 0 bridgehead atoms. The predicted molar refractivity (Wildman–Crippen MR) is 182 cm³/mol. The van der Waals surface area contributed by atoms with Crippen molar-refractivity contribution in [1.82, 2.24) is 35.5 Å². The Morgan fingerprint density at radius 3 is 2.40 bits per heavy atom. The van der Waals surface area contributed by atoms with Crippen LogP contribution in [0.3, 0.4) is 0 Å². The van der Waals surface area contributed by atoms with Gasteiger partial charge in [0.1, 0.15) is 29.1 Å². The average Bonchev–Trinajstić information content (AvgIpc) is 3.74. The van der Waals surface area contributed by atoms with Crippen molar-refractivity contribution in [3.05, 3.63) is 35.9 Å². The molecule has 1 aliphatic carbocycles. The number of methoxy groups -OCH3 is 1. The molecule has 0 radical (unpaired) electrons. The number of piperazine rings is 1. The molecule has 2 fully saturated rings. The second kappa shape index (κ2) is 13.6. The first-order chi connectivity index (χ1) is 22.2. The number of rotatable bonds is 10. The van der Waals surface area contributed by atoms with Crippen LogP contribution in [0.4, 0.5) is 22.0 Å². The van der Waals surface area contributed by atoms with Gasteiger partial charge in [0.05, 0.1) is 30.6 Å². The predicted octanol–water partition coefficient (Wildman–Crippen LogP) is -0.0796. The van der Waals surface area contributed by atoms with E-state index in [1.165, 1.54) is 7.11 Å². The molecular formula is C29H40B3N9O6. The molecular weight excluding hydrogens is 603 g/mol. The molecule has 3 N–H and O–H groups in total. The summed E-state index contributed by atoms with van der Waals surface area (Å²) in [6, 6.07) is 6.96. The van der Waals surface area contributed by atoms with E-state index in [-0.39, 0.29) is 29.4 Å². The molecule has 47 heavy (non-hydrogen) atoms. The van der Waals surface area contributed by atoms with Crippen LogP contribution in [-0.2, 0) is 16.1 Å². The molecule has 246 valence electrons. The summed E-state index contributed by atoms with van der Waals surface area (Å²) >= 11 is 0. The number of hydrogen-bond donors (Lipinski definition) is 3. The Labute approximate surface area is 276 Å². The smallest absolute Gasteiger partial charge is 0.410 e. The number of nitrogens with one attached hydrogen (secondary N) is 3. The first-order valence-electron chi connectivity index (χ1n) is 15.7. The van der Waals surface area contributed by atoms with Crippen molar-refractivity contribution in [3.8, 4) is 17.1 Å². The van der Waals surface area contributed by atoms with E-state index in [1.807, 2.05) is 44.3 Å². The number of amides is 3. The molecule has 1 saturated carbocycles. The van der Waals surface area contributed by atoms with Gasteiger partial charge in [-0.2, -0.15) is 4.98 Å². The molecule has 1 aliphatic heterocycles. The molecule has 1 aromatic carbocycles. The molecule has 0 spiro atoms. The third-order valence-corrected chi connectivity index (χ3v) is 7.28. The van der Waals surface area contributed by atoms with Crippen molar-refractivity contribution in [2.75, 3.05) is 43.9 Å². The van der Waals surface area contributed by atoms with E-state index in [2.05, 4.69) is 41.2 Å². The van der Waals surface area contributed by atoms with Crippen LogP contribution < -0.4 is 20.7 Å². The van der Waals surface area contributed by atoms with E-state index in [0.717, 1.165) is 12.8 Å². The second-order valence-corrected chi connectivity index (χ2v) is 13.7. The van der Waals surface area contributed by atoms with E-state index in [1.54, 1.807) is 29.2 Å². The summed E-state index contributed by atoms with van der Waals surface area (Å²) in [5.74, 6) is 0.781. The highest BCUT2D eigenvalue weighted by Crippen LogP contribution is 2.38. The minimum Gasteiger partial charge on any atom is -0.494 e. The Balaban J connectivity index is 1.33. The Kier molecular flexibility index (Phi) is 9.80. The van der Waals surface area contributed by atoms with Gasteiger partial charge in [-0.3, -0.25) is 14.5 Å². The van der Waals surface area contributed by atoms with Crippen molar-refractivity contribution in [2.45, 2.75) is 51.0 Å². The van der Waals surface area contributed by atoms with E-state index in [4.69, 9.17) is 14.0 Å². The number of benzene rings is 1. The fourth-order valence-electron chi connectivity index (χ4n) is 4.90. The van der Waals surface area contributed by atoms with Gasteiger partial charge in [-0.25, -0.2) is 4.79 Å². The van der Waals surface area contributed by atoms with Crippen molar-refractivity contribution >= 4 is 58.6 Å². The third-order valence-electron chi connectivity index (χ3n) is 7.28. The number of aromatic nitrogens is 4. The third kappa shape index (κ3) is 9.02. The van der Waals surface area contributed by atoms with Crippen LogP contribution in [0.25, 0.3) is 11.4 Å². The number of carbonyl (C=O) groups excluding carboxylic acids is 3. The monoisotopic (exact) mass is 643 g/mol. The average molecular weight is 643 g/mol. The van der Waals surface area contributed by atoms with Gasteiger partial charge < -0.3 is 34.8 Å². The topological polar surface area (TPSA) is 177 Å². The van der Waals surface area contributed by atoms with Crippen molar-refractivity contribution in [1.29, 1.82) is 0 Å². The highest BCUT2D eigenvalue weighted by molar-refractivity contribution is 6.60. The summed E-state index contributed by atoms with van der Waals surface area (Å²) < 4.78 is 16.9. The number of carbonyl (C=O) groups is 3. The number of anilines is 3. The minimum absolute atomic E-state index is 0.0319. The summed E-state index contributed by atoms with van der Waals surface area (Å²) in [6.45, 7) is 8.29. The van der Waals surface area contributed by atoms with Gasteiger partial charge in [0.25, 0.3) is 5.91 Å². The summed E-state index contributed by atoms with van der Waals surface area (Å²) in [6.07, 6.45) is 1.35. The number of para-hydroxylation sites is 1. The highest BCUT2D eigenvalue weighted by Gasteiger charge is 2.31. The standard InChI is InChI=1S/C29H40B3N9O6/c1-28(2,3)46-27(44)41-12-10-40(11-13-41)15-21-35-24(39-47-21)17-6-5-7-18(23(17)45-4)33-19-14-20(34-25(42)16-8-9-16)37-38-22(19)26(43)36-29(30,31)32/h5-7,14,16H,8-13,15,30-32H2,1-4H3,(H,36,43)(H2,33,34,37,42). The largest absolute Gasteiger partial charge is 0.494 e. The van der Waals surface area contributed by atoms with Gasteiger partial charge in [-0.05, 0) is 51.0 Å². The molecule has 3 aromatic rings. The van der Waals surface area contributed by atoms with E-state index < -0.39 is 16.7 Å². The maximum absolute atomic E-state index is 13.2. The molecule has 15 nitrogen and oxygen atoms in total. The summed E-state index contributed by atoms with van der Waals surface area (Å²) in [5.41, 5.74) is 0.892. The van der Waals surface area contributed by atoms with E-state index in [0.29, 0.717) is 67.1 Å². The molecule has 2 aromatic heterocycles. The zero-order chi connectivity index (χ0) is 33.9. The molecule has 0 unspecified atom stereocenters. The van der Waals surface area contributed by atoms with Gasteiger partial charge in [0.2, 0.25) is 17.6 Å². The number of hydrogen-bond acceptors (Lipinski definition) is 12. The van der Waals surface area contributed by atoms with Crippen molar-refractivity contribution in [3.63, 3.8) is 0 Å². The first-order valence-corrected chi connectivity index (χ1v) is 15.7. The van der Waals surface area contributed by atoms with Crippen LogP contribution in [0.5, 0.6) is 5.75 Å². The summed E-state index contributed by atoms with van der Waals surface area (Å²) in [7, 11) is 7.12. The minimum atomic E-state index is -0.545. The lowest BCUT2D eigenvalue weighted by molar-refractivity contribution is -0.117. The molecule has 2 aliphatic rings.